The number of hydrogen-bond acceptors (Lipinski definition) is 6. The third-order valence-electron chi connectivity index (χ3n) is 6.05. The number of aliphatic hydroxyl groups excluding tert-OH is 2. The van der Waals surface area contributed by atoms with Crippen LogP contribution in [-0.2, 0) is 19.1 Å². The lowest BCUT2D eigenvalue weighted by atomic mass is 9.87. The minimum absolute atomic E-state index is 0.229. The molecular formula is C25H48O6. The molecule has 0 bridgehead atoms. The van der Waals surface area contributed by atoms with Gasteiger partial charge >= 0.3 is 11.9 Å². The van der Waals surface area contributed by atoms with Gasteiger partial charge in [-0.1, -0.05) is 104 Å². The first-order chi connectivity index (χ1) is 15.1. The van der Waals surface area contributed by atoms with Gasteiger partial charge in [-0.25, -0.2) is 4.79 Å². The second-order valence-electron chi connectivity index (χ2n) is 8.70. The normalized spacial score (nSPS) is 11.5. The monoisotopic (exact) mass is 444 g/mol. The van der Waals surface area contributed by atoms with Gasteiger partial charge in [0.25, 0.3) is 0 Å². The minimum atomic E-state index is -1.35. The van der Waals surface area contributed by atoms with Crippen LogP contribution in [0.3, 0.4) is 0 Å². The highest BCUT2D eigenvalue weighted by Gasteiger charge is 2.37. The second kappa shape index (κ2) is 20.7. The Hall–Kier alpha value is -1.14. The molecule has 0 aromatic carbocycles. The van der Waals surface area contributed by atoms with Gasteiger partial charge in [0.2, 0.25) is 0 Å². The molecule has 0 aromatic heterocycles. The summed E-state index contributed by atoms with van der Waals surface area (Å²) in [6, 6.07) is 0. The SMILES string of the molecule is CCCCCCCCCCCCCCCCCOC(=O)COC(=O)C(CC)(CO)CO. The van der Waals surface area contributed by atoms with Crippen molar-refractivity contribution in [2.75, 3.05) is 26.4 Å². The first-order valence-corrected chi connectivity index (χ1v) is 12.6. The Morgan fingerprint density at radius 2 is 1.06 bits per heavy atom. The third kappa shape index (κ3) is 15.3. The summed E-state index contributed by atoms with van der Waals surface area (Å²) in [7, 11) is 0. The Morgan fingerprint density at radius 3 is 1.45 bits per heavy atom. The van der Waals surface area contributed by atoms with E-state index in [9.17, 15) is 19.8 Å². The van der Waals surface area contributed by atoms with Crippen molar-refractivity contribution in [1.29, 1.82) is 0 Å². The third-order valence-corrected chi connectivity index (χ3v) is 6.05. The zero-order valence-electron chi connectivity index (χ0n) is 20.2. The Balaban J connectivity index is 3.45. The molecule has 6 heteroatoms. The van der Waals surface area contributed by atoms with Crippen LogP contribution < -0.4 is 0 Å². The summed E-state index contributed by atoms with van der Waals surface area (Å²) < 4.78 is 9.97. The van der Waals surface area contributed by atoms with Crippen LogP contribution in [0.15, 0.2) is 0 Å². The van der Waals surface area contributed by atoms with Crippen molar-refractivity contribution in [3.8, 4) is 0 Å². The zero-order valence-corrected chi connectivity index (χ0v) is 20.2. The van der Waals surface area contributed by atoms with Gasteiger partial charge in [0, 0.05) is 0 Å². The van der Waals surface area contributed by atoms with E-state index in [0.717, 1.165) is 19.3 Å². The van der Waals surface area contributed by atoms with E-state index in [2.05, 4.69) is 6.92 Å². The highest BCUT2D eigenvalue weighted by atomic mass is 16.6. The van der Waals surface area contributed by atoms with Crippen LogP contribution in [0.2, 0.25) is 0 Å². The molecule has 0 aliphatic carbocycles. The molecule has 184 valence electrons. The predicted molar refractivity (Wildman–Crippen MR) is 124 cm³/mol. The number of carbonyl (C=O) groups excluding carboxylic acids is 2. The fourth-order valence-electron chi connectivity index (χ4n) is 3.53. The molecule has 0 amide bonds. The van der Waals surface area contributed by atoms with Crippen molar-refractivity contribution in [2.24, 2.45) is 5.41 Å². The number of carbonyl (C=O) groups is 2. The lowest BCUT2D eigenvalue weighted by Crippen LogP contribution is -2.40. The highest BCUT2D eigenvalue weighted by Crippen LogP contribution is 2.22. The Bertz CT molecular complexity index is 425. The van der Waals surface area contributed by atoms with Gasteiger partial charge in [-0.15, -0.1) is 0 Å². The summed E-state index contributed by atoms with van der Waals surface area (Å²) in [6.07, 6.45) is 19.4. The number of ether oxygens (including phenoxy) is 2. The van der Waals surface area contributed by atoms with Crippen LogP contribution in [-0.4, -0.2) is 48.6 Å². The molecular weight excluding hydrogens is 396 g/mol. The molecule has 0 aromatic rings. The van der Waals surface area contributed by atoms with E-state index in [1.165, 1.54) is 77.0 Å². The van der Waals surface area contributed by atoms with Gasteiger partial charge in [0.15, 0.2) is 6.61 Å². The summed E-state index contributed by atoms with van der Waals surface area (Å²) in [5.41, 5.74) is -1.35. The molecule has 0 rings (SSSR count). The van der Waals surface area contributed by atoms with Crippen LogP contribution in [0.5, 0.6) is 0 Å². The molecule has 0 radical (unpaired) electrons. The molecule has 0 unspecified atom stereocenters. The van der Waals surface area contributed by atoms with Crippen LogP contribution in [0.25, 0.3) is 0 Å². The number of aliphatic hydroxyl groups is 2. The number of esters is 2. The first kappa shape index (κ1) is 29.9. The molecule has 0 fully saturated rings. The number of rotatable bonds is 22. The van der Waals surface area contributed by atoms with E-state index in [1.54, 1.807) is 6.92 Å². The molecule has 0 aliphatic heterocycles. The Kier molecular flexibility index (Phi) is 20.0. The van der Waals surface area contributed by atoms with Crippen molar-refractivity contribution in [3.63, 3.8) is 0 Å². The van der Waals surface area contributed by atoms with Gasteiger partial charge in [-0.2, -0.15) is 0 Å². The molecule has 2 N–H and O–H groups in total. The summed E-state index contributed by atoms with van der Waals surface area (Å²) in [6.45, 7) is 2.73. The van der Waals surface area contributed by atoms with Crippen LogP contribution in [0.1, 0.15) is 117 Å². The van der Waals surface area contributed by atoms with Crippen molar-refractivity contribution in [2.45, 2.75) is 117 Å². The lowest BCUT2D eigenvalue weighted by Gasteiger charge is -2.25. The Morgan fingerprint density at radius 1 is 0.645 bits per heavy atom. The zero-order chi connectivity index (χ0) is 23.2. The van der Waals surface area contributed by atoms with Crippen molar-refractivity contribution in [3.05, 3.63) is 0 Å². The number of hydrogen-bond donors (Lipinski definition) is 2. The van der Waals surface area contributed by atoms with Crippen molar-refractivity contribution in [1.82, 2.24) is 0 Å². The smallest absolute Gasteiger partial charge is 0.344 e. The van der Waals surface area contributed by atoms with Gasteiger partial charge in [-0.3, -0.25) is 4.79 Å². The fraction of sp³-hybridized carbons (Fsp3) is 0.920. The number of unbranched alkanes of at least 4 members (excludes halogenated alkanes) is 14. The van der Waals surface area contributed by atoms with Crippen LogP contribution >= 0.6 is 0 Å². The van der Waals surface area contributed by atoms with Crippen LogP contribution in [0.4, 0.5) is 0 Å². The van der Waals surface area contributed by atoms with E-state index >= 15 is 0 Å². The summed E-state index contributed by atoms with van der Waals surface area (Å²) >= 11 is 0. The van der Waals surface area contributed by atoms with E-state index < -0.39 is 37.2 Å². The fourth-order valence-corrected chi connectivity index (χ4v) is 3.53. The van der Waals surface area contributed by atoms with Gasteiger partial charge in [0.1, 0.15) is 5.41 Å². The molecule has 0 spiro atoms. The second-order valence-corrected chi connectivity index (χ2v) is 8.70. The van der Waals surface area contributed by atoms with Crippen LogP contribution in [0, 0.1) is 5.41 Å². The highest BCUT2D eigenvalue weighted by molar-refractivity contribution is 5.80. The van der Waals surface area contributed by atoms with Gasteiger partial charge in [0.05, 0.1) is 19.8 Å². The van der Waals surface area contributed by atoms with Gasteiger partial charge < -0.3 is 19.7 Å². The van der Waals surface area contributed by atoms with E-state index in [-0.39, 0.29) is 6.42 Å². The topological polar surface area (TPSA) is 93.1 Å². The minimum Gasteiger partial charge on any atom is -0.463 e. The molecule has 31 heavy (non-hydrogen) atoms. The van der Waals surface area contributed by atoms with E-state index in [1.807, 2.05) is 0 Å². The lowest BCUT2D eigenvalue weighted by molar-refractivity contribution is -0.170. The average molecular weight is 445 g/mol. The molecule has 0 aliphatic rings. The first-order valence-electron chi connectivity index (χ1n) is 12.6. The Labute approximate surface area is 190 Å². The maximum atomic E-state index is 11.9. The molecule has 0 saturated carbocycles. The molecule has 0 heterocycles. The standard InChI is InChI=1S/C25H48O6/c1-3-5-6-7-8-9-10-11-12-13-14-15-16-17-18-19-30-23(28)20-31-24(29)25(4-2,21-26)22-27/h26-27H,3-22H2,1-2H3. The van der Waals surface area contributed by atoms with Crippen molar-refractivity contribution >= 4 is 11.9 Å². The molecule has 0 atom stereocenters. The van der Waals surface area contributed by atoms with E-state index in [4.69, 9.17) is 9.47 Å². The maximum Gasteiger partial charge on any atom is 0.344 e. The predicted octanol–water partition coefficient (Wildman–Crippen LogP) is 5.33. The average Bonchev–Trinajstić information content (AvgIpc) is 2.79. The maximum absolute atomic E-state index is 11.9. The molecule has 0 saturated heterocycles. The molecule has 6 nitrogen and oxygen atoms in total. The quantitative estimate of drug-likeness (QED) is 0.173. The van der Waals surface area contributed by atoms with Gasteiger partial charge in [-0.05, 0) is 12.8 Å². The summed E-state index contributed by atoms with van der Waals surface area (Å²) in [5, 5.41) is 18.6. The summed E-state index contributed by atoms with van der Waals surface area (Å²) in [4.78, 5) is 23.6. The van der Waals surface area contributed by atoms with Crippen molar-refractivity contribution < 1.29 is 29.3 Å². The van der Waals surface area contributed by atoms with E-state index in [0.29, 0.717) is 6.61 Å². The summed E-state index contributed by atoms with van der Waals surface area (Å²) in [5.74, 6) is -1.37. The largest absolute Gasteiger partial charge is 0.463 e.